The normalized spacial score (nSPS) is 13.3. The second-order valence-corrected chi connectivity index (χ2v) is 8.46. The molecule has 5 rings (SSSR count). The number of nitrogens with one attached hydrogen (secondary N) is 2. The summed E-state index contributed by atoms with van der Waals surface area (Å²) in [6, 6.07) is 25.4. The van der Waals surface area contributed by atoms with Gasteiger partial charge >= 0.3 is 0 Å². The number of hydrogen-bond acceptors (Lipinski definition) is 6. The van der Waals surface area contributed by atoms with Crippen molar-refractivity contribution in [2.75, 3.05) is 41.8 Å². The Morgan fingerprint density at radius 1 is 0.886 bits per heavy atom. The maximum absolute atomic E-state index is 12.9. The molecule has 0 radical (unpaired) electrons. The number of morpholine rings is 1. The predicted octanol–water partition coefficient (Wildman–Crippen LogP) is 5.28. The fourth-order valence-corrected chi connectivity index (χ4v) is 4.05. The summed E-state index contributed by atoms with van der Waals surface area (Å²) in [7, 11) is 0. The van der Waals surface area contributed by atoms with Crippen molar-refractivity contribution in [1.29, 1.82) is 0 Å². The number of benzene rings is 3. The zero-order chi connectivity index (χ0) is 24.0. The van der Waals surface area contributed by atoms with E-state index in [1.54, 1.807) is 6.07 Å². The Kier molecular flexibility index (Phi) is 6.68. The largest absolute Gasteiger partial charge is 0.378 e. The summed E-state index contributed by atoms with van der Waals surface area (Å²) in [5, 5.41) is 6.26. The molecule has 0 aliphatic carbocycles. The van der Waals surface area contributed by atoms with Crippen LogP contribution < -0.4 is 15.5 Å². The Labute approximate surface area is 204 Å². The molecule has 1 fully saturated rings. The number of nitrogens with zero attached hydrogens (tertiary/aromatic N) is 3. The van der Waals surface area contributed by atoms with Crippen molar-refractivity contribution < 1.29 is 9.53 Å². The summed E-state index contributed by atoms with van der Waals surface area (Å²) in [6.45, 7) is 5.30. The monoisotopic (exact) mass is 465 g/mol. The minimum atomic E-state index is -0.170. The van der Waals surface area contributed by atoms with Gasteiger partial charge in [-0.3, -0.25) is 4.79 Å². The van der Waals surface area contributed by atoms with E-state index in [2.05, 4.69) is 44.6 Å². The highest BCUT2D eigenvalue weighted by Gasteiger charge is 2.12. The summed E-state index contributed by atoms with van der Waals surface area (Å²) >= 11 is 0. The van der Waals surface area contributed by atoms with E-state index in [0.29, 0.717) is 11.4 Å². The van der Waals surface area contributed by atoms with Crippen LogP contribution in [0.4, 0.5) is 22.9 Å². The van der Waals surface area contributed by atoms with E-state index in [-0.39, 0.29) is 5.91 Å². The van der Waals surface area contributed by atoms with Crippen LogP contribution in [0.25, 0.3) is 11.3 Å². The van der Waals surface area contributed by atoms with E-state index >= 15 is 0 Å². The molecule has 0 spiro atoms. The number of carbonyl (C=O) groups is 1. The molecule has 3 aromatic carbocycles. The van der Waals surface area contributed by atoms with Gasteiger partial charge < -0.3 is 20.3 Å². The third-order valence-corrected chi connectivity index (χ3v) is 5.88. The number of rotatable bonds is 6. The van der Waals surface area contributed by atoms with Gasteiger partial charge in [-0.2, -0.15) is 0 Å². The van der Waals surface area contributed by atoms with Crippen molar-refractivity contribution in [3.8, 4) is 11.3 Å². The molecule has 2 N–H and O–H groups in total. The van der Waals surface area contributed by atoms with Gasteiger partial charge in [0.2, 0.25) is 0 Å². The zero-order valence-corrected chi connectivity index (χ0v) is 19.6. The smallest absolute Gasteiger partial charge is 0.255 e. The van der Waals surface area contributed by atoms with Crippen LogP contribution in [0.3, 0.4) is 0 Å². The van der Waals surface area contributed by atoms with Crippen LogP contribution in [0.15, 0.2) is 85.2 Å². The molecular formula is C28H27N5O2. The van der Waals surface area contributed by atoms with Gasteiger partial charge in [0, 0.05) is 47.3 Å². The highest BCUT2D eigenvalue weighted by molar-refractivity contribution is 6.05. The number of anilines is 4. The van der Waals surface area contributed by atoms with Crippen LogP contribution in [0.2, 0.25) is 0 Å². The fraction of sp³-hybridized carbons (Fsp3) is 0.179. The molecule has 0 atom stereocenters. The molecule has 0 unspecified atom stereocenters. The van der Waals surface area contributed by atoms with E-state index in [1.165, 1.54) is 11.9 Å². The standard InChI is InChI=1S/C28H27N5O2/c1-20-4-2-5-21(16-20)26-18-27(30-19-29-26)31-24-7-3-6-22(17-24)28(34)32-23-8-10-25(11-9-23)33-12-14-35-15-13-33/h2-11,16-19H,12-15H2,1H3,(H,32,34)(H,29,30,31). The van der Waals surface area contributed by atoms with E-state index in [1.807, 2.05) is 60.7 Å². The van der Waals surface area contributed by atoms with Crippen molar-refractivity contribution in [1.82, 2.24) is 9.97 Å². The third-order valence-electron chi connectivity index (χ3n) is 5.88. The maximum atomic E-state index is 12.9. The molecule has 176 valence electrons. The first-order valence-electron chi connectivity index (χ1n) is 11.6. The minimum Gasteiger partial charge on any atom is -0.378 e. The second-order valence-electron chi connectivity index (χ2n) is 8.46. The van der Waals surface area contributed by atoms with Gasteiger partial charge in [0.05, 0.1) is 18.9 Å². The first-order valence-corrected chi connectivity index (χ1v) is 11.6. The first kappa shape index (κ1) is 22.6. The van der Waals surface area contributed by atoms with Gasteiger partial charge in [0.25, 0.3) is 5.91 Å². The van der Waals surface area contributed by atoms with Crippen molar-refractivity contribution in [2.24, 2.45) is 0 Å². The molecule has 35 heavy (non-hydrogen) atoms. The van der Waals surface area contributed by atoms with Crippen LogP contribution in [-0.2, 0) is 4.74 Å². The summed E-state index contributed by atoms with van der Waals surface area (Å²) in [6.07, 6.45) is 1.54. The van der Waals surface area contributed by atoms with Crippen molar-refractivity contribution in [3.05, 3.63) is 96.3 Å². The van der Waals surface area contributed by atoms with E-state index in [9.17, 15) is 4.79 Å². The lowest BCUT2D eigenvalue weighted by molar-refractivity contribution is 0.102. The molecule has 0 saturated carbocycles. The summed E-state index contributed by atoms with van der Waals surface area (Å²) < 4.78 is 5.41. The molecular weight excluding hydrogens is 438 g/mol. The van der Waals surface area contributed by atoms with Crippen LogP contribution in [0.5, 0.6) is 0 Å². The highest BCUT2D eigenvalue weighted by atomic mass is 16.5. The Hall–Kier alpha value is -4.23. The molecule has 0 bridgehead atoms. The molecule has 1 aliphatic rings. The van der Waals surface area contributed by atoms with Crippen molar-refractivity contribution in [2.45, 2.75) is 6.92 Å². The number of ether oxygens (including phenoxy) is 1. The number of hydrogen-bond donors (Lipinski definition) is 2. The zero-order valence-electron chi connectivity index (χ0n) is 19.6. The second kappa shape index (κ2) is 10.4. The molecule has 7 heteroatoms. The lowest BCUT2D eigenvalue weighted by atomic mass is 10.1. The van der Waals surface area contributed by atoms with Crippen molar-refractivity contribution >= 4 is 28.8 Å². The molecule has 1 saturated heterocycles. The van der Waals surface area contributed by atoms with E-state index < -0.39 is 0 Å². The van der Waals surface area contributed by atoms with Gasteiger partial charge in [0.15, 0.2) is 0 Å². The quantitative estimate of drug-likeness (QED) is 0.403. The average molecular weight is 466 g/mol. The maximum Gasteiger partial charge on any atom is 0.255 e. The summed E-state index contributed by atoms with van der Waals surface area (Å²) in [5.74, 6) is 0.490. The minimum absolute atomic E-state index is 0.170. The van der Waals surface area contributed by atoms with Crippen LogP contribution in [0.1, 0.15) is 15.9 Å². The molecule has 1 aromatic heterocycles. The Morgan fingerprint density at radius 2 is 1.69 bits per heavy atom. The van der Waals surface area contributed by atoms with Gasteiger partial charge in [-0.15, -0.1) is 0 Å². The summed E-state index contributed by atoms with van der Waals surface area (Å²) in [5.41, 5.74) is 6.25. The number of aromatic nitrogens is 2. The molecule has 2 heterocycles. The topological polar surface area (TPSA) is 79.4 Å². The molecule has 7 nitrogen and oxygen atoms in total. The predicted molar refractivity (Wildman–Crippen MR) is 139 cm³/mol. The number of carbonyl (C=O) groups excluding carboxylic acids is 1. The van der Waals surface area contributed by atoms with E-state index in [0.717, 1.165) is 54.6 Å². The van der Waals surface area contributed by atoms with Gasteiger partial charge in [-0.1, -0.05) is 29.8 Å². The SMILES string of the molecule is Cc1cccc(-c2cc(Nc3cccc(C(=O)Nc4ccc(N5CCOCC5)cc4)c3)ncn2)c1. The third kappa shape index (κ3) is 5.65. The number of aryl methyl sites for hydroxylation is 1. The van der Waals surface area contributed by atoms with Crippen LogP contribution in [-0.4, -0.2) is 42.2 Å². The molecule has 1 aliphatic heterocycles. The van der Waals surface area contributed by atoms with Crippen LogP contribution in [0, 0.1) is 6.92 Å². The fourth-order valence-electron chi connectivity index (χ4n) is 4.05. The Balaban J connectivity index is 1.26. The molecule has 4 aromatic rings. The highest BCUT2D eigenvalue weighted by Crippen LogP contribution is 2.23. The average Bonchev–Trinajstić information content (AvgIpc) is 2.90. The van der Waals surface area contributed by atoms with Gasteiger partial charge in [-0.05, 0) is 55.5 Å². The summed E-state index contributed by atoms with van der Waals surface area (Å²) in [4.78, 5) is 23.9. The van der Waals surface area contributed by atoms with Crippen LogP contribution >= 0.6 is 0 Å². The van der Waals surface area contributed by atoms with Crippen molar-refractivity contribution in [3.63, 3.8) is 0 Å². The van der Waals surface area contributed by atoms with Gasteiger partial charge in [0.1, 0.15) is 12.1 Å². The lowest BCUT2D eigenvalue weighted by Gasteiger charge is -2.28. The Morgan fingerprint density at radius 3 is 2.49 bits per heavy atom. The van der Waals surface area contributed by atoms with E-state index in [4.69, 9.17) is 4.74 Å². The Bertz CT molecular complexity index is 1320. The van der Waals surface area contributed by atoms with Gasteiger partial charge in [-0.25, -0.2) is 9.97 Å². The first-order chi connectivity index (χ1) is 17.1. The number of amides is 1. The lowest BCUT2D eigenvalue weighted by Crippen LogP contribution is -2.36. The molecule has 1 amide bonds.